The van der Waals surface area contributed by atoms with Crippen molar-refractivity contribution in [2.75, 3.05) is 19.3 Å². The fourth-order valence-corrected chi connectivity index (χ4v) is 1.54. The summed E-state index contributed by atoms with van der Waals surface area (Å²) in [5, 5.41) is 0. The molecule has 0 heterocycles. The lowest BCUT2D eigenvalue weighted by molar-refractivity contribution is 0.348. The Hall–Kier alpha value is -0.540. The first kappa shape index (κ1) is 10.5. The van der Waals surface area contributed by atoms with Crippen molar-refractivity contribution in [1.29, 1.82) is 0 Å². The minimum Gasteiger partial charge on any atom is -0.301 e. The largest absolute Gasteiger partial charge is 0.301 e. The number of nitrogens with zero attached hydrogens (tertiary/aromatic N) is 1. The maximum absolute atomic E-state index is 12.8. The zero-order valence-electron chi connectivity index (χ0n) is 7.70. The summed E-state index contributed by atoms with van der Waals surface area (Å²) in [6, 6.07) is 6.69. The van der Waals surface area contributed by atoms with Gasteiger partial charge in [-0.25, -0.2) is 4.39 Å². The Kier molecular flexibility index (Phi) is 4.25. The summed E-state index contributed by atoms with van der Waals surface area (Å²) in [6.07, 6.45) is 0. The topological polar surface area (TPSA) is 3.24 Å². The highest BCUT2D eigenvalue weighted by Gasteiger charge is 1.99. The number of rotatable bonds is 4. The molecular formula is C10H14FNS. The Labute approximate surface area is 84.0 Å². The van der Waals surface area contributed by atoms with Crippen LogP contribution >= 0.6 is 12.6 Å². The fourth-order valence-electron chi connectivity index (χ4n) is 1.20. The molecule has 13 heavy (non-hydrogen) atoms. The van der Waals surface area contributed by atoms with E-state index in [0.717, 1.165) is 24.4 Å². The van der Waals surface area contributed by atoms with Gasteiger partial charge in [0.2, 0.25) is 0 Å². The third-order valence-corrected chi connectivity index (χ3v) is 2.02. The van der Waals surface area contributed by atoms with Crippen molar-refractivity contribution in [2.24, 2.45) is 0 Å². The van der Waals surface area contributed by atoms with E-state index in [1.807, 2.05) is 13.1 Å². The van der Waals surface area contributed by atoms with Crippen molar-refractivity contribution in [2.45, 2.75) is 6.54 Å². The maximum atomic E-state index is 12.8. The van der Waals surface area contributed by atoms with E-state index in [1.54, 1.807) is 12.1 Å². The van der Waals surface area contributed by atoms with Gasteiger partial charge in [0.1, 0.15) is 5.82 Å². The number of thiol groups is 1. The van der Waals surface area contributed by atoms with Crippen LogP contribution in [0.1, 0.15) is 5.56 Å². The van der Waals surface area contributed by atoms with Crippen molar-refractivity contribution < 1.29 is 4.39 Å². The summed E-state index contributed by atoms with van der Waals surface area (Å²) in [7, 11) is 2.00. The summed E-state index contributed by atoms with van der Waals surface area (Å²) in [5.74, 6) is 0.656. The molecule has 3 heteroatoms. The maximum Gasteiger partial charge on any atom is 0.123 e. The summed E-state index contributed by atoms with van der Waals surface area (Å²) < 4.78 is 12.8. The van der Waals surface area contributed by atoms with Gasteiger partial charge in [-0.3, -0.25) is 0 Å². The molecule has 1 aromatic rings. The van der Waals surface area contributed by atoms with Gasteiger partial charge in [0.15, 0.2) is 0 Å². The van der Waals surface area contributed by atoms with Crippen molar-refractivity contribution in [3.63, 3.8) is 0 Å². The van der Waals surface area contributed by atoms with E-state index >= 15 is 0 Å². The molecule has 1 nitrogen and oxygen atoms in total. The molecule has 0 amide bonds. The molecule has 0 radical (unpaired) electrons. The van der Waals surface area contributed by atoms with Gasteiger partial charge in [0.25, 0.3) is 0 Å². The Morgan fingerprint density at radius 1 is 1.46 bits per heavy atom. The van der Waals surface area contributed by atoms with Gasteiger partial charge >= 0.3 is 0 Å². The molecule has 0 saturated carbocycles. The monoisotopic (exact) mass is 199 g/mol. The summed E-state index contributed by atoms with van der Waals surface area (Å²) in [6.45, 7) is 1.69. The molecule has 72 valence electrons. The average Bonchev–Trinajstić information content (AvgIpc) is 2.04. The van der Waals surface area contributed by atoms with Crippen LogP contribution in [0.5, 0.6) is 0 Å². The highest BCUT2D eigenvalue weighted by atomic mass is 32.1. The molecule has 0 spiro atoms. The Bertz CT molecular complexity index is 265. The van der Waals surface area contributed by atoms with Crippen molar-refractivity contribution in [3.8, 4) is 0 Å². The van der Waals surface area contributed by atoms with Crippen LogP contribution in [-0.4, -0.2) is 24.2 Å². The standard InChI is InChI=1S/C10H14FNS/c1-12(5-6-13)8-9-3-2-4-10(11)7-9/h2-4,7,13H,5-6,8H2,1H3. The molecule has 0 aliphatic rings. The first-order valence-corrected chi connectivity index (χ1v) is 4.89. The lowest BCUT2D eigenvalue weighted by atomic mass is 10.2. The second-order valence-corrected chi connectivity index (χ2v) is 3.54. The quantitative estimate of drug-likeness (QED) is 0.727. The SMILES string of the molecule is CN(CCS)Cc1cccc(F)c1. The normalized spacial score (nSPS) is 10.8. The predicted molar refractivity (Wildman–Crippen MR) is 56.6 cm³/mol. The molecule has 0 aromatic heterocycles. The molecule has 0 aliphatic heterocycles. The summed E-state index contributed by atoms with van der Waals surface area (Å²) in [5.41, 5.74) is 1.00. The van der Waals surface area contributed by atoms with E-state index in [0.29, 0.717) is 0 Å². The van der Waals surface area contributed by atoms with Crippen LogP contribution in [0.3, 0.4) is 0 Å². The number of hydrogen-bond donors (Lipinski definition) is 1. The van der Waals surface area contributed by atoms with Crippen LogP contribution in [0.15, 0.2) is 24.3 Å². The Morgan fingerprint density at radius 2 is 2.23 bits per heavy atom. The molecule has 0 N–H and O–H groups in total. The molecule has 0 saturated heterocycles. The molecule has 1 rings (SSSR count). The van der Waals surface area contributed by atoms with Gasteiger partial charge in [-0.2, -0.15) is 12.6 Å². The van der Waals surface area contributed by atoms with Crippen LogP contribution in [0.25, 0.3) is 0 Å². The van der Waals surface area contributed by atoms with Crippen molar-refractivity contribution in [1.82, 2.24) is 4.90 Å². The van der Waals surface area contributed by atoms with E-state index in [4.69, 9.17) is 0 Å². The van der Waals surface area contributed by atoms with Crippen LogP contribution < -0.4 is 0 Å². The number of halogens is 1. The second-order valence-electron chi connectivity index (χ2n) is 3.09. The first-order valence-electron chi connectivity index (χ1n) is 4.26. The minimum atomic E-state index is -0.170. The predicted octanol–water partition coefficient (Wildman–Crippen LogP) is 2.19. The van der Waals surface area contributed by atoms with Gasteiger partial charge in [-0.15, -0.1) is 0 Å². The smallest absolute Gasteiger partial charge is 0.123 e. The zero-order chi connectivity index (χ0) is 9.68. The zero-order valence-corrected chi connectivity index (χ0v) is 8.60. The summed E-state index contributed by atoms with van der Waals surface area (Å²) in [4.78, 5) is 2.11. The van der Waals surface area contributed by atoms with Crippen LogP contribution in [0, 0.1) is 5.82 Å². The molecule has 0 aliphatic carbocycles. The molecule has 0 bridgehead atoms. The fraction of sp³-hybridized carbons (Fsp3) is 0.400. The number of hydrogen-bond acceptors (Lipinski definition) is 2. The van der Waals surface area contributed by atoms with Crippen molar-refractivity contribution in [3.05, 3.63) is 35.6 Å². The van der Waals surface area contributed by atoms with Gasteiger partial charge < -0.3 is 4.90 Å². The second kappa shape index (κ2) is 5.25. The first-order chi connectivity index (χ1) is 6.22. The van der Waals surface area contributed by atoms with Gasteiger partial charge in [0.05, 0.1) is 0 Å². The van der Waals surface area contributed by atoms with E-state index in [2.05, 4.69) is 17.5 Å². The molecule has 0 fully saturated rings. The Balaban J connectivity index is 2.53. The van der Waals surface area contributed by atoms with Crippen LogP contribution in [0.4, 0.5) is 4.39 Å². The lowest BCUT2D eigenvalue weighted by Crippen LogP contribution is -2.20. The highest BCUT2D eigenvalue weighted by Crippen LogP contribution is 2.05. The minimum absolute atomic E-state index is 0.170. The summed E-state index contributed by atoms with van der Waals surface area (Å²) >= 11 is 4.13. The van der Waals surface area contributed by atoms with Gasteiger partial charge in [-0.1, -0.05) is 12.1 Å². The van der Waals surface area contributed by atoms with Gasteiger partial charge in [0, 0.05) is 18.8 Å². The molecular weight excluding hydrogens is 185 g/mol. The van der Waals surface area contributed by atoms with Crippen molar-refractivity contribution >= 4 is 12.6 Å². The van der Waals surface area contributed by atoms with E-state index in [1.165, 1.54) is 6.07 Å². The van der Waals surface area contributed by atoms with E-state index < -0.39 is 0 Å². The molecule has 0 unspecified atom stereocenters. The van der Waals surface area contributed by atoms with Crippen LogP contribution in [0.2, 0.25) is 0 Å². The molecule has 1 aromatic carbocycles. The highest BCUT2D eigenvalue weighted by molar-refractivity contribution is 7.80. The van der Waals surface area contributed by atoms with E-state index in [9.17, 15) is 4.39 Å². The molecule has 0 atom stereocenters. The lowest BCUT2D eigenvalue weighted by Gasteiger charge is -2.14. The third kappa shape index (κ3) is 3.79. The Morgan fingerprint density at radius 3 is 2.85 bits per heavy atom. The number of benzene rings is 1. The van der Waals surface area contributed by atoms with Crippen LogP contribution in [-0.2, 0) is 6.54 Å². The van der Waals surface area contributed by atoms with Gasteiger partial charge in [-0.05, 0) is 24.7 Å². The average molecular weight is 199 g/mol. The van der Waals surface area contributed by atoms with E-state index in [-0.39, 0.29) is 5.82 Å². The third-order valence-electron chi connectivity index (χ3n) is 1.82.